The quantitative estimate of drug-likeness (QED) is 0.604. The van der Waals surface area contributed by atoms with E-state index in [2.05, 4.69) is 0 Å². The SMILES string of the molecule is COc1ccc([N+](=O)[O-])cc1C(=O)N(C)CCC(N)C(C)C.Cl. The van der Waals surface area contributed by atoms with Crippen LogP contribution in [0.2, 0.25) is 0 Å². The highest BCUT2D eigenvalue weighted by molar-refractivity contribution is 5.97. The summed E-state index contributed by atoms with van der Waals surface area (Å²) < 4.78 is 5.12. The van der Waals surface area contributed by atoms with Crippen molar-refractivity contribution in [3.05, 3.63) is 33.9 Å². The number of halogens is 1. The monoisotopic (exact) mass is 345 g/mol. The molecule has 1 rings (SSSR count). The van der Waals surface area contributed by atoms with Crippen molar-refractivity contribution >= 4 is 24.0 Å². The van der Waals surface area contributed by atoms with E-state index in [1.165, 1.54) is 30.2 Å². The molecule has 8 heteroatoms. The van der Waals surface area contributed by atoms with E-state index in [1.807, 2.05) is 13.8 Å². The maximum atomic E-state index is 12.5. The third kappa shape index (κ3) is 5.69. The number of nitro groups is 1. The third-order valence-electron chi connectivity index (χ3n) is 3.63. The van der Waals surface area contributed by atoms with E-state index in [9.17, 15) is 14.9 Å². The summed E-state index contributed by atoms with van der Waals surface area (Å²) in [5.74, 6) is 0.322. The van der Waals surface area contributed by atoms with Crippen molar-refractivity contribution in [1.29, 1.82) is 0 Å². The van der Waals surface area contributed by atoms with Crippen LogP contribution in [0, 0.1) is 16.0 Å². The normalized spacial score (nSPS) is 11.6. The van der Waals surface area contributed by atoms with E-state index in [0.717, 1.165) is 0 Å². The van der Waals surface area contributed by atoms with Crippen LogP contribution in [0.1, 0.15) is 30.6 Å². The minimum Gasteiger partial charge on any atom is -0.496 e. The zero-order valence-corrected chi connectivity index (χ0v) is 14.6. The van der Waals surface area contributed by atoms with Crippen LogP contribution in [0.15, 0.2) is 18.2 Å². The molecule has 2 N–H and O–H groups in total. The smallest absolute Gasteiger partial charge is 0.270 e. The van der Waals surface area contributed by atoms with Gasteiger partial charge in [-0.05, 0) is 18.4 Å². The summed E-state index contributed by atoms with van der Waals surface area (Å²) >= 11 is 0. The van der Waals surface area contributed by atoms with E-state index in [0.29, 0.717) is 24.6 Å². The fraction of sp³-hybridized carbons (Fsp3) is 0.533. The average molecular weight is 346 g/mol. The van der Waals surface area contributed by atoms with Gasteiger partial charge in [-0.2, -0.15) is 0 Å². The molecule has 0 fully saturated rings. The van der Waals surface area contributed by atoms with Crippen LogP contribution in [0.3, 0.4) is 0 Å². The third-order valence-corrected chi connectivity index (χ3v) is 3.63. The van der Waals surface area contributed by atoms with Gasteiger partial charge in [-0.25, -0.2) is 0 Å². The van der Waals surface area contributed by atoms with E-state index >= 15 is 0 Å². The summed E-state index contributed by atoms with van der Waals surface area (Å²) in [5, 5.41) is 10.9. The molecule has 7 nitrogen and oxygen atoms in total. The van der Waals surface area contributed by atoms with Gasteiger partial charge in [0.05, 0.1) is 17.6 Å². The first-order valence-corrected chi connectivity index (χ1v) is 7.11. The Morgan fingerprint density at radius 3 is 2.52 bits per heavy atom. The second-order valence-corrected chi connectivity index (χ2v) is 5.56. The number of non-ortho nitro benzene ring substituents is 1. The molecular weight excluding hydrogens is 322 g/mol. The van der Waals surface area contributed by atoms with Gasteiger partial charge in [-0.15, -0.1) is 12.4 Å². The molecule has 0 aliphatic heterocycles. The lowest BCUT2D eigenvalue weighted by atomic mass is 10.0. The van der Waals surface area contributed by atoms with Gasteiger partial charge in [-0.1, -0.05) is 13.8 Å². The molecule has 0 heterocycles. The molecular formula is C15H24ClN3O4. The summed E-state index contributed by atoms with van der Waals surface area (Å²) in [5.41, 5.74) is 6.01. The van der Waals surface area contributed by atoms with Crippen LogP contribution in [0.25, 0.3) is 0 Å². The molecule has 1 aromatic rings. The van der Waals surface area contributed by atoms with Gasteiger partial charge in [0.1, 0.15) is 5.75 Å². The molecule has 0 saturated carbocycles. The van der Waals surface area contributed by atoms with Crippen molar-refractivity contribution in [3.8, 4) is 5.75 Å². The Bertz CT molecular complexity index is 552. The molecule has 23 heavy (non-hydrogen) atoms. The molecule has 0 spiro atoms. The Balaban J connectivity index is 0.00000484. The topological polar surface area (TPSA) is 98.7 Å². The largest absolute Gasteiger partial charge is 0.496 e. The summed E-state index contributed by atoms with van der Waals surface area (Å²) in [6.45, 7) is 4.52. The molecule has 0 bridgehead atoms. The number of carbonyl (C=O) groups is 1. The summed E-state index contributed by atoms with van der Waals surface area (Å²) in [6.07, 6.45) is 0.664. The molecule has 1 aromatic carbocycles. The molecule has 1 atom stereocenters. The summed E-state index contributed by atoms with van der Waals surface area (Å²) in [6, 6.07) is 3.98. The van der Waals surface area contributed by atoms with E-state index in [-0.39, 0.29) is 35.6 Å². The van der Waals surface area contributed by atoms with Gasteiger partial charge in [0.25, 0.3) is 11.6 Å². The fourth-order valence-corrected chi connectivity index (χ4v) is 1.96. The number of carbonyl (C=O) groups excluding carboxylic acids is 1. The Labute approximate surface area is 142 Å². The molecule has 130 valence electrons. The molecule has 0 aliphatic rings. The van der Waals surface area contributed by atoms with Gasteiger partial charge >= 0.3 is 0 Å². The maximum absolute atomic E-state index is 12.5. The van der Waals surface area contributed by atoms with Gasteiger partial charge < -0.3 is 15.4 Å². The lowest BCUT2D eigenvalue weighted by molar-refractivity contribution is -0.384. The number of rotatable bonds is 7. The van der Waals surface area contributed by atoms with Crippen molar-refractivity contribution in [1.82, 2.24) is 4.90 Å². The van der Waals surface area contributed by atoms with E-state index < -0.39 is 4.92 Å². The molecule has 0 radical (unpaired) electrons. The predicted octanol–water partition coefficient (Wildman–Crippen LogP) is 2.47. The van der Waals surface area contributed by atoms with E-state index in [1.54, 1.807) is 7.05 Å². The van der Waals surface area contributed by atoms with Crippen LogP contribution in [0.4, 0.5) is 5.69 Å². The second-order valence-electron chi connectivity index (χ2n) is 5.56. The predicted molar refractivity (Wildman–Crippen MR) is 91.3 cm³/mol. The molecule has 0 aromatic heterocycles. The van der Waals surface area contributed by atoms with Gasteiger partial charge in [0.15, 0.2) is 0 Å². The Morgan fingerprint density at radius 1 is 1.43 bits per heavy atom. The number of hydrogen-bond acceptors (Lipinski definition) is 5. The minimum absolute atomic E-state index is 0. The Kier molecular flexibility index (Phi) is 8.56. The number of ether oxygens (including phenoxy) is 1. The zero-order chi connectivity index (χ0) is 16.9. The van der Waals surface area contributed by atoms with Crippen molar-refractivity contribution in [3.63, 3.8) is 0 Å². The fourth-order valence-electron chi connectivity index (χ4n) is 1.96. The standard InChI is InChI=1S/C15H23N3O4.ClH/c1-10(2)13(16)7-8-17(3)15(19)12-9-11(18(20)21)5-6-14(12)22-4;/h5-6,9-10,13H,7-8,16H2,1-4H3;1H. The first-order chi connectivity index (χ1) is 10.3. The van der Waals surface area contributed by atoms with Gasteiger partial charge in [-0.3, -0.25) is 14.9 Å². The number of nitrogens with two attached hydrogens (primary N) is 1. The van der Waals surface area contributed by atoms with Crippen molar-refractivity contribution in [2.45, 2.75) is 26.3 Å². The number of methoxy groups -OCH3 is 1. The highest BCUT2D eigenvalue weighted by Gasteiger charge is 2.21. The number of amides is 1. The van der Waals surface area contributed by atoms with Gasteiger partial charge in [0, 0.05) is 31.8 Å². The molecule has 1 amide bonds. The first kappa shape index (κ1) is 21.1. The average Bonchev–Trinajstić information content (AvgIpc) is 2.50. The van der Waals surface area contributed by atoms with Crippen LogP contribution in [-0.2, 0) is 0 Å². The van der Waals surface area contributed by atoms with Crippen LogP contribution in [0.5, 0.6) is 5.75 Å². The molecule has 1 unspecified atom stereocenters. The number of hydrogen-bond donors (Lipinski definition) is 1. The van der Waals surface area contributed by atoms with Crippen LogP contribution < -0.4 is 10.5 Å². The molecule has 0 aliphatic carbocycles. The first-order valence-electron chi connectivity index (χ1n) is 7.11. The second kappa shape index (κ2) is 9.32. The summed E-state index contributed by atoms with van der Waals surface area (Å²) in [7, 11) is 3.07. The van der Waals surface area contributed by atoms with Crippen molar-refractivity contribution in [2.24, 2.45) is 11.7 Å². The highest BCUT2D eigenvalue weighted by Crippen LogP contribution is 2.25. The van der Waals surface area contributed by atoms with Gasteiger partial charge in [0.2, 0.25) is 0 Å². The number of nitrogens with zero attached hydrogens (tertiary/aromatic N) is 2. The van der Waals surface area contributed by atoms with E-state index in [4.69, 9.17) is 10.5 Å². The maximum Gasteiger partial charge on any atom is 0.270 e. The van der Waals surface area contributed by atoms with Crippen LogP contribution >= 0.6 is 12.4 Å². The number of nitro benzene ring substituents is 1. The zero-order valence-electron chi connectivity index (χ0n) is 13.8. The lowest BCUT2D eigenvalue weighted by Gasteiger charge is -2.22. The van der Waals surface area contributed by atoms with Crippen molar-refractivity contribution in [2.75, 3.05) is 20.7 Å². The Morgan fingerprint density at radius 2 is 2.04 bits per heavy atom. The molecule has 0 saturated heterocycles. The highest BCUT2D eigenvalue weighted by atomic mass is 35.5. The lowest BCUT2D eigenvalue weighted by Crippen LogP contribution is -2.34. The Hall–Kier alpha value is -1.86. The van der Waals surface area contributed by atoms with Crippen molar-refractivity contribution < 1.29 is 14.5 Å². The number of benzene rings is 1. The van der Waals surface area contributed by atoms with Crippen LogP contribution in [-0.4, -0.2) is 42.5 Å². The minimum atomic E-state index is -0.537. The summed E-state index contributed by atoms with van der Waals surface area (Å²) in [4.78, 5) is 24.3.